The molecule has 0 radical (unpaired) electrons. The number of hydrogen-bond donors (Lipinski definition) is 2. The van der Waals surface area contributed by atoms with Gasteiger partial charge in [-0.15, -0.1) is 24.0 Å². The summed E-state index contributed by atoms with van der Waals surface area (Å²) in [5.41, 5.74) is 1.43. The van der Waals surface area contributed by atoms with Crippen LogP contribution in [-0.2, 0) is 4.74 Å². The van der Waals surface area contributed by atoms with Crippen molar-refractivity contribution in [1.29, 1.82) is 0 Å². The number of rotatable bonds is 5. The molecule has 0 aliphatic carbocycles. The molecule has 158 valence electrons. The maximum absolute atomic E-state index is 6.10. The highest BCUT2D eigenvalue weighted by molar-refractivity contribution is 14.0. The SMILES string of the molecule is C=C(C)CN1CCC(NC(=NC)NCC2CCCOC2C(C)(C)C)CC1.I. The smallest absolute Gasteiger partial charge is 0.191 e. The molecule has 2 saturated heterocycles. The van der Waals surface area contributed by atoms with Crippen molar-refractivity contribution in [2.45, 2.75) is 65.5 Å². The van der Waals surface area contributed by atoms with Gasteiger partial charge in [-0.1, -0.05) is 32.9 Å². The van der Waals surface area contributed by atoms with Crippen LogP contribution in [0, 0.1) is 11.3 Å². The largest absolute Gasteiger partial charge is 0.377 e. The van der Waals surface area contributed by atoms with Gasteiger partial charge in [-0.25, -0.2) is 0 Å². The van der Waals surface area contributed by atoms with Gasteiger partial charge in [-0.2, -0.15) is 0 Å². The van der Waals surface area contributed by atoms with E-state index in [1.54, 1.807) is 0 Å². The standard InChI is InChI=1S/C21H40N4O.HI/c1-16(2)15-25-11-9-18(10-12-25)24-20(22-6)23-14-17-8-7-13-26-19(17)21(3,4)5;/h17-19H,1,7-15H2,2-6H3,(H2,22,23,24);1H. The molecule has 2 rings (SSSR count). The number of aliphatic imine (C=N–C) groups is 1. The first kappa shape index (κ1) is 24.7. The van der Waals surface area contributed by atoms with E-state index in [1.165, 1.54) is 12.0 Å². The number of nitrogens with zero attached hydrogens (tertiary/aromatic N) is 2. The Balaban J connectivity index is 0.00000364. The quantitative estimate of drug-likeness (QED) is 0.266. The summed E-state index contributed by atoms with van der Waals surface area (Å²) in [6.45, 7) is 18.1. The molecular weight excluding hydrogens is 451 g/mol. The molecule has 0 spiro atoms. The Morgan fingerprint density at radius 2 is 1.89 bits per heavy atom. The maximum atomic E-state index is 6.10. The summed E-state index contributed by atoms with van der Waals surface area (Å²) in [6, 6.07) is 0.503. The van der Waals surface area contributed by atoms with Crippen LogP contribution >= 0.6 is 24.0 Å². The van der Waals surface area contributed by atoms with Crippen molar-refractivity contribution < 1.29 is 4.74 Å². The first-order chi connectivity index (χ1) is 12.3. The lowest BCUT2D eigenvalue weighted by Crippen LogP contribution is -2.51. The Morgan fingerprint density at radius 3 is 2.44 bits per heavy atom. The van der Waals surface area contributed by atoms with Gasteiger partial charge in [0.05, 0.1) is 6.10 Å². The minimum absolute atomic E-state index is 0. The van der Waals surface area contributed by atoms with Crippen LogP contribution < -0.4 is 10.6 Å². The summed E-state index contributed by atoms with van der Waals surface area (Å²) in [4.78, 5) is 6.94. The molecule has 6 heteroatoms. The third-order valence-corrected chi connectivity index (χ3v) is 5.48. The second kappa shape index (κ2) is 11.6. The van der Waals surface area contributed by atoms with Crippen LogP contribution in [0.25, 0.3) is 0 Å². The van der Waals surface area contributed by atoms with Crippen LogP contribution in [0.5, 0.6) is 0 Å². The Hall–Kier alpha value is -0.340. The molecule has 2 atom stereocenters. The Kier molecular flexibility index (Phi) is 10.6. The highest BCUT2D eigenvalue weighted by Gasteiger charge is 2.35. The Bertz CT molecular complexity index is 481. The van der Waals surface area contributed by atoms with Gasteiger partial charge >= 0.3 is 0 Å². The molecule has 2 heterocycles. The fourth-order valence-electron chi connectivity index (χ4n) is 4.24. The molecule has 0 bridgehead atoms. The van der Waals surface area contributed by atoms with E-state index in [0.29, 0.717) is 18.1 Å². The van der Waals surface area contributed by atoms with Crippen molar-refractivity contribution in [2.24, 2.45) is 16.3 Å². The molecule has 0 aromatic rings. The summed E-state index contributed by atoms with van der Waals surface area (Å²) >= 11 is 0. The molecule has 2 aliphatic heterocycles. The summed E-state index contributed by atoms with van der Waals surface area (Å²) in [5.74, 6) is 1.47. The topological polar surface area (TPSA) is 48.9 Å². The zero-order chi connectivity index (χ0) is 19.2. The van der Waals surface area contributed by atoms with Gasteiger partial charge in [0, 0.05) is 51.8 Å². The zero-order valence-corrected chi connectivity index (χ0v) is 20.3. The fraction of sp³-hybridized carbons (Fsp3) is 0.857. The number of likely N-dealkylation sites (tertiary alicyclic amines) is 1. The number of guanidine groups is 1. The Labute approximate surface area is 183 Å². The van der Waals surface area contributed by atoms with Crippen molar-refractivity contribution in [2.75, 3.05) is 39.8 Å². The molecular formula is C21H41IN4O. The van der Waals surface area contributed by atoms with E-state index in [9.17, 15) is 0 Å². The minimum atomic E-state index is 0. The van der Waals surface area contributed by atoms with Gasteiger partial charge in [0.2, 0.25) is 0 Å². The maximum Gasteiger partial charge on any atom is 0.191 e. The first-order valence-electron chi connectivity index (χ1n) is 10.2. The summed E-state index contributed by atoms with van der Waals surface area (Å²) in [6.07, 6.45) is 5.01. The average molecular weight is 492 g/mol. The van der Waals surface area contributed by atoms with Crippen molar-refractivity contribution in [3.63, 3.8) is 0 Å². The number of hydrogen-bond acceptors (Lipinski definition) is 3. The summed E-state index contributed by atoms with van der Waals surface area (Å²) in [5, 5.41) is 7.18. The van der Waals surface area contributed by atoms with Crippen molar-refractivity contribution in [3.05, 3.63) is 12.2 Å². The molecule has 2 fully saturated rings. The summed E-state index contributed by atoms with van der Waals surface area (Å²) in [7, 11) is 1.87. The van der Waals surface area contributed by atoms with Gasteiger partial charge < -0.3 is 15.4 Å². The van der Waals surface area contributed by atoms with Crippen LogP contribution in [0.2, 0.25) is 0 Å². The monoisotopic (exact) mass is 492 g/mol. The predicted molar refractivity (Wildman–Crippen MR) is 126 cm³/mol. The molecule has 0 amide bonds. The van der Waals surface area contributed by atoms with E-state index in [-0.39, 0.29) is 29.4 Å². The molecule has 2 aliphatic rings. The predicted octanol–water partition coefficient (Wildman–Crippen LogP) is 3.65. The molecule has 0 saturated carbocycles. The van der Waals surface area contributed by atoms with Gasteiger partial charge in [0.15, 0.2) is 5.96 Å². The lowest BCUT2D eigenvalue weighted by atomic mass is 9.78. The number of ether oxygens (including phenoxy) is 1. The van der Waals surface area contributed by atoms with Gasteiger partial charge in [-0.3, -0.25) is 9.89 Å². The highest BCUT2D eigenvalue weighted by Crippen LogP contribution is 2.33. The van der Waals surface area contributed by atoms with Crippen LogP contribution in [0.15, 0.2) is 17.1 Å². The van der Waals surface area contributed by atoms with Gasteiger partial charge in [0.1, 0.15) is 0 Å². The molecule has 0 aromatic heterocycles. The van der Waals surface area contributed by atoms with Crippen LogP contribution in [0.1, 0.15) is 53.4 Å². The molecule has 27 heavy (non-hydrogen) atoms. The minimum Gasteiger partial charge on any atom is -0.377 e. The summed E-state index contributed by atoms with van der Waals surface area (Å²) < 4.78 is 6.10. The number of halogens is 1. The fourth-order valence-corrected chi connectivity index (χ4v) is 4.24. The number of piperidine rings is 1. The van der Waals surface area contributed by atoms with Crippen molar-refractivity contribution in [3.8, 4) is 0 Å². The van der Waals surface area contributed by atoms with E-state index in [2.05, 4.69) is 54.8 Å². The average Bonchev–Trinajstić information content (AvgIpc) is 2.59. The van der Waals surface area contributed by atoms with Crippen LogP contribution in [-0.4, -0.2) is 62.8 Å². The van der Waals surface area contributed by atoms with Gasteiger partial charge in [-0.05, 0) is 38.0 Å². The van der Waals surface area contributed by atoms with Crippen LogP contribution in [0.3, 0.4) is 0 Å². The lowest BCUT2D eigenvalue weighted by molar-refractivity contribution is -0.0835. The zero-order valence-electron chi connectivity index (χ0n) is 18.0. The van der Waals surface area contributed by atoms with Gasteiger partial charge in [0.25, 0.3) is 0 Å². The number of nitrogens with one attached hydrogen (secondary N) is 2. The third kappa shape index (κ3) is 8.28. The first-order valence-corrected chi connectivity index (χ1v) is 10.2. The normalized spacial score (nSPS) is 25.6. The molecule has 5 nitrogen and oxygen atoms in total. The van der Waals surface area contributed by atoms with Crippen LogP contribution in [0.4, 0.5) is 0 Å². The second-order valence-electron chi connectivity index (χ2n) is 9.16. The lowest BCUT2D eigenvalue weighted by Gasteiger charge is -2.40. The van der Waals surface area contributed by atoms with Crippen molar-refractivity contribution >= 4 is 29.9 Å². The van der Waals surface area contributed by atoms with E-state index >= 15 is 0 Å². The van der Waals surface area contributed by atoms with E-state index in [0.717, 1.165) is 58.0 Å². The van der Waals surface area contributed by atoms with Crippen molar-refractivity contribution in [1.82, 2.24) is 15.5 Å². The molecule has 2 unspecified atom stereocenters. The van der Waals surface area contributed by atoms with E-state index in [1.807, 2.05) is 7.05 Å². The second-order valence-corrected chi connectivity index (χ2v) is 9.16. The molecule has 2 N–H and O–H groups in total. The highest BCUT2D eigenvalue weighted by atomic mass is 127. The van der Waals surface area contributed by atoms with E-state index < -0.39 is 0 Å². The third-order valence-electron chi connectivity index (χ3n) is 5.48. The van der Waals surface area contributed by atoms with E-state index in [4.69, 9.17) is 4.74 Å². The Morgan fingerprint density at radius 1 is 1.22 bits per heavy atom. The molecule has 0 aromatic carbocycles.